The first-order valence-corrected chi connectivity index (χ1v) is 15.4. The molecule has 3 atom stereocenters. The van der Waals surface area contributed by atoms with Crippen LogP contribution in [0.4, 0.5) is 0 Å². The van der Waals surface area contributed by atoms with E-state index in [9.17, 15) is 14.7 Å². The van der Waals surface area contributed by atoms with Gasteiger partial charge in [-0.05, 0) is 105 Å². The molecule has 4 bridgehead atoms. The predicted molar refractivity (Wildman–Crippen MR) is 153 cm³/mol. The van der Waals surface area contributed by atoms with Crippen molar-refractivity contribution in [2.45, 2.75) is 92.0 Å². The third-order valence-corrected chi connectivity index (χ3v) is 9.91. The van der Waals surface area contributed by atoms with Gasteiger partial charge in [-0.1, -0.05) is 27.7 Å². The highest BCUT2D eigenvalue weighted by Crippen LogP contribution is 2.70. The minimum Gasteiger partial charge on any atom is -0.509 e. The van der Waals surface area contributed by atoms with Crippen molar-refractivity contribution in [3.05, 3.63) is 11.3 Å². The molecule has 5 aliphatic rings. The van der Waals surface area contributed by atoms with E-state index in [-0.39, 0.29) is 28.4 Å². The third-order valence-electron chi connectivity index (χ3n) is 9.27. The maximum absolute atomic E-state index is 13.8. The van der Waals surface area contributed by atoms with Crippen LogP contribution in [0.25, 0.3) is 0 Å². The van der Waals surface area contributed by atoms with Gasteiger partial charge in [0, 0.05) is 20.0 Å². The SMILES string of the molecule is CSCCC1C(O)=C(C(CC23CC4CC(C)(CC(C)(C4)C2)C3)=NCC(C)(C)CN(C)C)C(=O)N1C(C)=O. The first-order valence-electron chi connectivity index (χ1n) is 14.1. The summed E-state index contributed by atoms with van der Waals surface area (Å²) in [5, 5.41) is 11.5. The lowest BCUT2D eigenvalue weighted by atomic mass is 9.39. The Morgan fingerprint density at radius 3 is 2.30 bits per heavy atom. The molecule has 3 unspecified atom stereocenters. The average molecular weight is 532 g/mol. The van der Waals surface area contributed by atoms with E-state index in [1.807, 2.05) is 6.26 Å². The van der Waals surface area contributed by atoms with Gasteiger partial charge in [-0.25, -0.2) is 0 Å². The molecule has 1 N–H and O–H groups in total. The van der Waals surface area contributed by atoms with Gasteiger partial charge < -0.3 is 10.0 Å². The third kappa shape index (κ3) is 5.83. The van der Waals surface area contributed by atoms with Gasteiger partial charge in [0.2, 0.25) is 5.91 Å². The molecule has 37 heavy (non-hydrogen) atoms. The van der Waals surface area contributed by atoms with Crippen molar-refractivity contribution in [2.75, 3.05) is 39.2 Å². The molecule has 0 saturated heterocycles. The maximum atomic E-state index is 13.8. The Labute approximate surface area is 228 Å². The van der Waals surface area contributed by atoms with Crippen molar-refractivity contribution in [3.8, 4) is 0 Å². The summed E-state index contributed by atoms with van der Waals surface area (Å²) in [5.74, 6) is 0.898. The lowest BCUT2D eigenvalue weighted by Gasteiger charge is -2.65. The summed E-state index contributed by atoms with van der Waals surface area (Å²) in [5.41, 5.74) is 1.79. The molecule has 208 valence electrons. The van der Waals surface area contributed by atoms with E-state index in [0.29, 0.717) is 29.4 Å². The Morgan fingerprint density at radius 2 is 1.78 bits per heavy atom. The quantitative estimate of drug-likeness (QED) is 0.365. The van der Waals surface area contributed by atoms with Crippen LogP contribution in [0.2, 0.25) is 0 Å². The number of carbonyl (C=O) groups is 2. The lowest BCUT2D eigenvalue weighted by molar-refractivity contribution is -0.141. The first-order chi connectivity index (χ1) is 17.1. The van der Waals surface area contributed by atoms with E-state index in [1.54, 1.807) is 11.8 Å². The Balaban J connectivity index is 1.74. The zero-order chi connectivity index (χ0) is 27.4. The van der Waals surface area contributed by atoms with E-state index < -0.39 is 6.04 Å². The van der Waals surface area contributed by atoms with Crippen LogP contribution in [0.1, 0.15) is 86.0 Å². The Morgan fingerprint density at radius 1 is 1.16 bits per heavy atom. The zero-order valence-corrected chi connectivity index (χ0v) is 25.3. The summed E-state index contributed by atoms with van der Waals surface area (Å²) < 4.78 is 0. The number of aliphatic imine (C=N–C) groups is 1. The monoisotopic (exact) mass is 531 g/mol. The molecule has 2 amide bonds. The summed E-state index contributed by atoms with van der Waals surface area (Å²) in [6.07, 6.45) is 10.7. The normalized spacial score (nSPS) is 35.9. The molecule has 4 aliphatic carbocycles. The lowest BCUT2D eigenvalue weighted by Crippen LogP contribution is -2.55. The molecule has 0 aromatic heterocycles. The number of imide groups is 1. The number of nitrogens with zero attached hydrogens (tertiary/aromatic N) is 3. The highest BCUT2D eigenvalue weighted by atomic mass is 32.2. The topological polar surface area (TPSA) is 73.2 Å². The fourth-order valence-corrected chi connectivity index (χ4v) is 9.92. The molecule has 1 heterocycles. The smallest absolute Gasteiger partial charge is 0.266 e. The van der Waals surface area contributed by atoms with Gasteiger partial charge in [0.15, 0.2) is 0 Å². The van der Waals surface area contributed by atoms with Crippen LogP contribution < -0.4 is 0 Å². The molecule has 0 aromatic rings. The van der Waals surface area contributed by atoms with Crippen LogP contribution in [0.15, 0.2) is 16.3 Å². The van der Waals surface area contributed by atoms with Crippen LogP contribution in [0.5, 0.6) is 0 Å². The van der Waals surface area contributed by atoms with Gasteiger partial charge in [-0.2, -0.15) is 11.8 Å². The molecule has 0 radical (unpaired) electrons. The second kappa shape index (κ2) is 10.0. The molecule has 5 rings (SSSR count). The summed E-state index contributed by atoms with van der Waals surface area (Å²) in [6.45, 7) is 12.2. The minimum absolute atomic E-state index is 0.0561. The highest BCUT2D eigenvalue weighted by Gasteiger charge is 2.60. The molecule has 7 heteroatoms. The van der Waals surface area contributed by atoms with Crippen molar-refractivity contribution in [1.82, 2.24) is 9.80 Å². The highest BCUT2D eigenvalue weighted by molar-refractivity contribution is 7.98. The number of rotatable bonds is 10. The first kappa shape index (κ1) is 28.7. The van der Waals surface area contributed by atoms with Crippen LogP contribution in [-0.2, 0) is 9.59 Å². The Hall–Kier alpha value is -1.34. The van der Waals surface area contributed by atoms with Crippen molar-refractivity contribution in [1.29, 1.82) is 0 Å². The standard InChI is InChI=1S/C30H49N3O3S/c1-20(34)33-23(9-10-37-8)25(35)24(26(33)36)22(31-18-27(2,3)19-32(6)7)14-30-13-21-11-28(4,16-30)15-29(5,12-21)17-30/h21,23,35H,9-19H2,1-8H3. The molecular weight excluding hydrogens is 482 g/mol. The Bertz CT molecular complexity index is 982. The van der Waals surface area contributed by atoms with E-state index in [1.165, 1.54) is 50.3 Å². The number of aliphatic hydroxyl groups excluding tert-OH is 1. The van der Waals surface area contributed by atoms with Crippen LogP contribution in [0, 0.1) is 27.6 Å². The zero-order valence-electron chi connectivity index (χ0n) is 24.4. The number of carbonyl (C=O) groups excluding carboxylic acids is 2. The summed E-state index contributed by atoms with van der Waals surface area (Å²) in [6, 6.07) is -0.584. The van der Waals surface area contributed by atoms with Crippen LogP contribution in [-0.4, -0.2) is 77.7 Å². The van der Waals surface area contributed by atoms with E-state index in [0.717, 1.165) is 30.3 Å². The van der Waals surface area contributed by atoms with E-state index in [4.69, 9.17) is 4.99 Å². The largest absolute Gasteiger partial charge is 0.509 e. The molecular formula is C30H49N3O3S. The fraction of sp³-hybridized carbons (Fsp3) is 0.833. The second-order valence-corrected chi connectivity index (χ2v) is 15.7. The molecule has 6 nitrogen and oxygen atoms in total. The number of hydrogen-bond donors (Lipinski definition) is 1. The van der Waals surface area contributed by atoms with Gasteiger partial charge in [0.1, 0.15) is 11.3 Å². The summed E-state index contributed by atoms with van der Waals surface area (Å²) >= 11 is 1.66. The predicted octanol–water partition coefficient (Wildman–Crippen LogP) is 5.72. The molecule has 4 fully saturated rings. The van der Waals surface area contributed by atoms with Crippen LogP contribution >= 0.6 is 11.8 Å². The minimum atomic E-state index is -0.584. The number of thioether (sulfide) groups is 1. The molecule has 0 aromatic carbocycles. The van der Waals surface area contributed by atoms with Gasteiger partial charge in [-0.15, -0.1) is 0 Å². The number of amides is 2. The number of aliphatic hydroxyl groups is 1. The fourth-order valence-electron chi connectivity index (χ4n) is 9.46. The van der Waals surface area contributed by atoms with Crippen molar-refractivity contribution in [2.24, 2.45) is 32.6 Å². The molecule has 0 spiro atoms. The van der Waals surface area contributed by atoms with Crippen molar-refractivity contribution >= 4 is 29.3 Å². The average Bonchev–Trinajstić information content (AvgIpc) is 2.95. The number of hydrogen-bond acceptors (Lipinski definition) is 6. The Kier molecular flexibility index (Phi) is 7.75. The van der Waals surface area contributed by atoms with Gasteiger partial charge in [0.25, 0.3) is 5.91 Å². The summed E-state index contributed by atoms with van der Waals surface area (Å²) in [4.78, 5) is 35.0. The van der Waals surface area contributed by atoms with E-state index in [2.05, 4.69) is 46.7 Å². The second-order valence-electron chi connectivity index (χ2n) is 14.7. The van der Waals surface area contributed by atoms with Crippen molar-refractivity contribution in [3.63, 3.8) is 0 Å². The van der Waals surface area contributed by atoms with Gasteiger partial charge in [0.05, 0.1) is 11.8 Å². The van der Waals surface area contributed by atoms with Crippen molar-refractivity contribution < 1.29 is 14.7 Å². The summed E-state index contributed by atoms with van der Waals surface area (Å²) in [7, 11) is 4.14. The molecule has 1 aliphatic heterocycles. The molecule has 4 saturated carbocycles. The van der Waals surface area contributed by atoms with Gasteiger partial charge in [-0.3, -0.25) is 19.5 Å². The van der Waals surface area contributed by atoms with Gasteiger partial charge >= 0.3 is 0 Å². The maximum Gasteiger partial charge on any atom is 0.266 e. The van der Waals surface area contributed by atoms with E-state index >= 15 is 0 Å². The van der Waals surface area contributed by atoms with Crippen LogP contribution in [0.3, 0.4) is 0 Å².